The zero-order chi connectivity index (χ0) is 20.9. The molecule has 5 nitrogen and oxygen atoms in total. The lowest BCUT2D eigenvalue weighted by molar-refractivity contribution is -0.275. The first kappa shape index (κ1) is 19.0. The SMILES string of the molecule is Cc1cc2oc(=O)cc(C)c2c2c1C(=O)CC(c1ccccc1OC(F)(F)F)O2. The highest BCUT2D eigenvalue weighted by Crippen LogP contribution is 2.44. The molecule has 2 heterocycles. The molecule has 1 atom stereocenters. The number of ketones is 1. The third-order valence-electron chi connectivity index (χ3n) is 4.78. The van der Waals surface area contributed by atoms with Crippen molar-refractivity contribution in [2.45, 2.75) is 32.7 Å². The lowest BCUT2D eigenvalue weighted by atomic mass is 9.91. The van der Waals surface area contributed by atoms with Crippen LogP contribution in [0.3, 0.4) is 0 Å². The van der Waals surface area contributed by atoms with Crippen LogP contribution in [0.2, 0.25) is 0 Å². The van der Waals surface area contributed by atoms with Crippen LogP contribution in [-0.2, 0) is 0 Å². The van der Waals surface area contributed by atoms with Gasteiger partial charge in [-0.2, -0.15) is 0 Å². The van der Waals surface area contributed by atoms with Crippen molar-refractivity contribution in [2.75, 3.05) is 0 Å². The molecule has 0 fully saturated rings. The van der Waals surface area contributed by atoms with E-state index in [1.807, 2.05) is 0 Å². The number of alkyl halides is 3. The summed E-state index contributed by atoms with van der Waals surface area (Å²) in [6.07, 6.45) is -6.01. The number of ether oxygens (including phenoxy) is 2. The molecule has 0 spiro atoms. The van der Waals surface area contributed by atoms with Gasteiger partial charge >= 0.3 is 12.0 Å². The first-order chi connectivity index (χ1) is 13.6. The summed E-state index contributed by atoms with van der Waals surface area (Å²) in [5.74, 6) is -0.506. The smallest absolute Gasteiger partial charge is 0.484 e. The Hall–Kier alpha value is -3.29. The summed E-state index contributed by atoms with van der Waals surface area (Å²) in [6, 6.07) is 8.41. The number of carbonyl (C=O) groups excluding carboxylic acids is 1. The summed E-state index contributed by atoms with van der Waals surface area (Å²) >= 11 is 0. The van der Waals surface area contributed by atoms with E-state index in [9.17, 15) is 22.8 Å². The molecular weight excluding hydrogens is 389 g/mol. The minimum absolute atomic E-state index is 0.105. The van der Waals surface area contributed by atoms with Gasteiger partial charge in [0.1, 0.15) is 23.2 Å². The minimum Gasteiger partial charge on any atom is -0.484 e. The molecule has 0 amide bonds. The Labute approximate surface area is 162 Å². The number of hydrogen-bond acceptors (Lipinski definition) is 5. The first-order valence-corrected chi connectivity index (χ1v) is 8.76. The van der Waals surface area contributed by atoms with Crippen LogP contribution in [0.15, 0.2) is 45.6 Å². The molecule has 150 valence electrons. The maximum atomic E-state index is 12.9. The first-order valence-electron chi connectivity index (χ1n) is 8.76. The Morgan fingerprint density at radius 1 is 1.07 bits per heavy atom. The molecule has 0 N–H and O–H groups in total. The second-order valence-electron chi connectivity index (χ2n) is 6.84. The number of carbonyl (C=O) groups is 1. The maximum Gasteiger partial charge on any atom is 0.573 e. The summed E-state index contributed by atoms with van der Waals surface area (Å²) in [5.41, 5.74) is 1.25. The van der Waals surface area contributed by atoms with Crippen molar-refractivity contribution in [3.8, 4) is 11.5 Å². The van der Waals surface area contributed by atoms with E-state index in [1.165, 1.54) is 24.3 Å². The Morgan fingerprint density at radius 3 is 2.52 bits per heavy atom. The molecule has 29 heavy (non-hydrogen) atoms. The van der Waals surface area contributed by atoms with Gasteiger partial charge in [0.2, 0.25) is 0 Å². The normalized spacial score (nSPS) is 16.4. The van der Waals surface area contributed by atoms with Gasteiger partial charge in [-0.15, -0.1) is 13.2 Å². The van der Waals surface area contributed by atoms with Crippen molar-refractivity contribution in [1.82, 2.24) is 0 Å². The number of para-hydroxylation sites is 1. The van der Waals surface area contributed by atoms with E-state index in [4.69, 9.17) is 9.15 Å². The monoisotopic (exact) mass is 404 g/mol. The average Bonchev–Trinajstić information content (AvgIpc) is 2.59. The topological polar surface area (TPSA) is 65.7 Å². The van der Waals surface area contributed by atoms with E-state index in [0.717, 1.165) is 0 Å². The van der Waals surface area contributed by atoms with E-state index < -0.39 is 23.8 Å². The lowest BCUT2D eigenvalue weighted by Crippen LogP contribution is -2.24. The maximum absolute atomic E-state index is 12.9. The van der Waals surface area contributed by atoms with Gasteiger partial charge in [0.15, 0.2) is 5.78 Å². The van der Waals surface area contributed by atoms with Gasteiger partial charge in [-0.1, -0.05) is 18.2 Å². The highest BCUT2D eigenvalue weighted by atomic mass is 19.4. The van der Waals surface area contributed by atoms with Gasteiger partial charge < -0.3 is 13.9 Å². The molecule has 4 rings (SSSR count). The second kappa shape index (κ2) is 6.65. The quantitative estimate of drug-likeness (QED) is 0.562. The minimum atomic E-state index is -4.88. The average molecular weight is 404 g/mol. The van der Waals surface area contributed by atoms with Crippen LogP contribution in [0.25, 0.3) is 11.0 Å². The zero-order valence-corrected chi connectivity index (χ0v) is 15.4. The standard InChI is InChI=1S/C21H15F3O5/c1-10-7-16-19(11(2)8-17(26)27-16)20-18(10)13(25)9-15(28-20)12-5-3-4-6-14(12)29-21(22,23)24/h3-8,15H,9H2,1-2H3. The Bertz CT molecular complexity index is 1190. The zero-order valence-electron chi connectivity index (χ0n) is 15.4. The molecule has 0 saturated carbocycles. The molecule has 1 aliphatic heterocycles. The highest BCUT2D eigenvalue weighted by Gasteiger charge is 2.36. The highest BCUT2D eigenvalue weighted by molar-refractivity contribution is 6.07. The third kappa shape index (κ3) is 3.46. The van der Waals surface area contributed by atoms with Crippen molar-refractivity contribution in [2.24, 2.45) is 0 Å². The number of halogens is 3. The molecule has 3 aromatic rings. The number of aryl methyl sites for hydroxylation is 2. The third-order valence-corrected chi connectivity index (χ3v) is 4.78. The molecule has 0 bridgehead atoms. The van der Waals surface area contributed by atoms with Crippen molar-refractivity contribution >= 4 is 16.8 Å². The second-order valence-corrected chi connectivity index (χ2v) is 6.84. The summed E-state index contributed by atoms with van der Waals surface area (Å²) in [6.45, 7) is 3.36. The summed E-state index contributed by atoms with van der Waals surface area (Å²) in [7, 11) is 0. The molecule has 0 aliphatic carbocycles. The number of Topliss-reactive ketones (excluding diaryl/α,β-unsaturated/α-hetero) is 1. The Kier molecular flexibility index (Phi) is 4.37. The van der Waals surface area contributed by atoms with Gasteiger partial charge in [0.25, 0.3) is 0 Å². The van der Waals surface area contributed by atoms with Gasteiger partial charge in [-0.25, -0.2) is 4.79 Å². The van der Waals surface area contributed by atoms with Crippen LogP contribution in [0.4, 0.5) is 13.2 Å². The molecule has 2 aromatic carbocycles. The van der Waals surface area contributed by atoms with Crippen LogP contribution >= 0.6 is 0 Å². The van der Waals surface area contributed by atoms with Crippen LogP contribution in [-0.4, -0.2) is 12.1 Å². The molecule has 8 heteroatoms. The fourth-order valence-corrected chi connectivity index (χ4v) is 3.65. The molecule has 1 aromatic heterocycles. The van der Waals surface area contributed by atoms with Gasteiger partial charge in [-0.05, 0) is 37.1 Å². The van der Waals surface area contributed by atoms with Crippen LogP contribution in [0.5, 0.6) is 11.5 Å². The molecule has 0 radical (unpaired) electrons. The van der Waals surface area contributed by atoms with Crippen LogP contribution < -0.4 is 15.1 Å². The van der Waals surface area contributed by atoms with Crippen molar-refractivity contribution < 1.29 is 31.9 Å². The van der Waals surface area contributed by atoms with Gasteiger partial charge in [0, 0.05) is 11.6 Å². The number of benzene rings is 2. The number of hydrogen-bond donors (Lipinski definition) is 0. The predicted molar refractivity (Wildman–Crippen MR) is 97.4 cm³/mol. The summed E-state index contributed by atoms with van der Waals surface area (Å²) in [5, 5.41) is 0.442. The molecule has 0 saturated heterocycles. The Balaban J connectivity index is 1.88. The van der Waals surface area contributed by atoms with E-state index in [0.29, 0.717) is 22.1 Å². The fraction of sp³-hybridized carbons (Fsp3) is 0.238. The molecule has 1 unspecified atom stereocenters. The molecular formula is C21H15F3O5. The summed E-state index contributed by atoms with van der Waals surface area (Å²) in [4.78, 5) is 24.6. The van der Waals surface area contributed by atoms with Gasteiger partial charge in [0.05, 0.1) is 17.4 Å². The van der Waals surface area contributed by atoms with Crippen molar-refractivity contribution in [1.29, 1.82) is 0 Å². The van der Waals surface area contributed by atoms with E-state index in [1.54, 1.807) is 26.0 Å². The lowest BCUT2D eigenvalue weighted by Gasteiger charge is -2.29. The van der Waals surface area contributed by atoms with E-state index >= 15 is 0 Å². The van der Waals surface area contributed by atoms with Crippen LogP contribution in [0, 0.1) is 13.8 Å². The molecule has 1 aliphatic rings. The van der Waals surface area contributed by atoms with Crippen LogP contribution in [0.1, 0.15) is 39.6 Å². The predicted octanol–water partition coefficient (Wildman–Crippen LogP) is 5.01. The van der Waals surface area contributed by atoms with E-state index in [-0.39, 0.29) is 29.1 Å². The van der Waals surface area contributed by atoms with Crippen molar-refractivity contribution in [3.05, 3.63) is 69.1 Å². The number of rotatable bonds is 2. The van der Waals surface area contributed by atoms with Crippen molar-refractivity contribution in [3.63, 3.8) is 0 Å². The van der Waals surface area contributed by atoms with E-state index in [2.05, 4.69) is 4.74 Å². The fourth-order valence-electron chi connectivity index (χ4n) is 3.65. The Morgan fingerprint density at radius 2 is 1.79 bits per heavy atom. The number of fused-ring (bicyclic) bond motifs is 3. The summed E-state index contributed by atoms with van der Waals surface area (Å²) < 4.78 is 53.7. The van der Waals surface area contributed by atoms with Gasteiger partial charge in [-0.3, -0.25) is 4.79 Å². The largest absolute Gasteiger partial charge is 0.573 e.